The lowest BCUT2D eigenvalue weighted by atomic mass is 9.95. The molecule has 4 amide bonds. The number of nitrogens with one attached hydrogen (secondary N) is 2. The number of benzene rings is 2. The predicted molar refractivity (Wildman–Crippen MR) is 127 cm³/mol. The smallest absolute Gasteiger partial charge is 0.322 e. The van der Waals surface area contributed by atoms with Gasteiger partial charge in [-0.2, -0.15) is 0 Å². The first kappa shape index (κ1) is 23.1. The highest BCUT2D eigenvalue weighted by Crippen LogP contribution is 2.39. The maximum atomic E-state index is 13.3. The zero-order valence-corrected chi connectivity index (χ0v) is 19.6. The first-order valence-electron chi connectivity index (χ1n) is 10.7. The van der Waals surface area contributed by atoms with Gasteiger partial charge in [0.15, 0.2) is 0 Å². The third kappa shape index (κ3) is 4.84. The fraction of sp³-hybridized carbons (Fsp3) is 0.292. The first-order valence-corrected chi connectivity index (χ1v) is 11.4. The van der Waals surface area contributed by atoms with E-state index in [2.05, 4.69) is 10.6 Å². The molecule has 2 aromatic rings. The molecule has 1 atom stereocenters. The molecule has 0 radical (unpaired) electrons. The molecule has 0 saturated carbocycles. The number of halogens is 2. The molecule has 7 nitrogen and oxygen atoms in total. The average molecular weight is 487 g/mol. The summed E-state index contributed by atoms with van der Waals surface area (Å²) in [7, 11) is 1.62. The van der Waals surface area contributed by atoms with Crippen molar-refractivity contribution in [2.45, 2.75) is 18.9 Å². The van der Waals surface area contributed by atoms with Crippen molar-refractivity contribution >= 4 is 41.0 Å². The van der Waals surface area contributed by atoms with Gasteiger partial charge in [0.25, 0.3) is 5.91 Å². The number of likely N-dealkylation sites (N-methyl/N-ethyl adjacent to an activating group) is 1. The largest absolute Gasteiger partial charge is 0.356 e. The zero-order chi connectivity index (χ0) is 23.5. The number of carbonyl (C=O) groups is 3. The minimum atomic E-state index is -0.702. The molecule has 172 valence electrons. The Kier molecular flexibility index (Phi) is 6.91. The molecule has 33 heavy (non-hydrogen) atoms. The van der Waals surface area contributed by atoms with E-state index in [4.69, 9.17) is 23.2 Å². The van der Waals surface area contributed by atoms with Crippen LogP contribution in [0, 0.1) is 0 Å². The van der Waals surface area contributed by atoms with Crippen LogP contribution in [-0.4, -0.2) is 54.3 Å². The Morgan fingerprint density at radius 3 is 2.64 bits per heavy atom. The van der Waals surface area contributed by atoms with Crippen molar-refractivity contribution < 1.29 is 14.4 Å². The maximum Gasteiger partial charge on any atom is 0.322 e. The molecule has 0 bridgehead atoms. The van der Waals surface area contributed by atoms with Gasteiger partial charge in [0, 0.05) is 26.6 Å². The molecule has 9 heteroatoms. The van der Waals surface area contributed by atoms with Crippen LogP contribution in [0.15, 0.2) is 59.8 Å². The molecule has 0 fully saturated rings. The second-order valence-electron chi connectivity index (χ2n) is 8.01. The molecular weight excluding hydrogens is 463 g/mol. The summed E-state index contributed by atoms with van der Waals surface area (Å²) >= 11 is 12.5. The van der Waals surface area contributed by atoms with Crippen LogP contribution in [0.4, 0.5) is 4.79 Å². The van der Waals surface area contributed by atoms with Gasteiger partial charge >= 0.3 is 6.03 Å². The van der Waals surface area contributed by atoms with E-state index >= 15 is 0 Å². The third-order valence-corrected chi connectivity index (χ3v) is 6.75. The maximum absolute atomic E-state index is 13.3. The van der Waals surface area contributed by atoms with Crippen molar-refractivity contribution in [1.82, 2.24) is 20.4 Å². The lowest BCUT2D eigenvalue weighted by Gasteiger charge is -2.31. The summed E-state index contributed by atoms with van der Waals surface area (Å²) in [4.78, 5) is 41.2. The van der Waals surface area contributed by atoms with Crippen molar-refractivity contribution in [2.75, 3.05) is 26.7 Å². The summed E-state index contributed by atoms with van der Waals surface area (Å²) in [5.41, 5.74) is 2.77. The van der Waals surface area contributed by atoms with Crippen LogP contribution in [0.1, 0.15) is 23.6 Å². The molecule has 2 heterocycles. The number of rotatable bonds is 7. The number of urea groups is 1. The number of nitrogens with zero attached hydrogens (tertiary/aromatic N) is 2. The van der Waals surface area contributed by atoms with Crippen LogP contribution in [0.2, 0.25) is 10.0 Å². The van der Waals surface area contributed by atoms with Crippen LogP contribution < -0.4 is 10.6 Å². The van der Waals surface area contributed by atoms with Gasteiger partial charge in [0.2, 0.25) is 5.91 Å². The highest BCUT2D eigenvalue weighted by atomic mass is 35.5. The molecule has 4 rings (SSSR count). The third-order valence-electron chi connectivity index (χ3n) is 5.92. The van der Waals surface area contributed by atoms with Crippen LogP contribution >= 0.6 is 23.2 Å². The highest BCUT2D eigenvalue weighted by Gasteiger charge is 2.43. The Bertz CT molecular complexity index is 1120. The van der Waals surface area contributed by atoms with Gasteiger partial charge in [-0.05, 0) is 23.6 Å². The van der Waals surface area contributed by atoms with Crippen molar-refractivity contribution in [3.63, 3.8) is 0 Å². The van der Waals surface area contributed by atoms with Gasteiger partial charge in [-0.25, -0.2) is 4.79 Å². The van der Waals surface area contributed by atoms with Crippen molar-refractivity contribution in [3.8, 4) is 0 Å². The van der Waals surface area contributed by atoms with Crippen molar-refractivity contribution in [1.29, 1.82) is 0 Å². The predicted octanol–water partition coefficient (Wildman–Crippen LogP) is 3.53. The number of amides is 4. The summed E-state index contributed by atoms with van der Waals surface area (Å²) in [6.45, 7) is 1.03. The van der Waals surface area contributed by atoms with Gasteiger partial charge in [-0.1, -0.05) is 65.7 Å². The first-order chi connectivity index (χ1) is 15.9. The Labute approximate surface area is 202 Å². The van der Waals surface area contributed by atoms with E-state index < -0.39 is 6.04 Å². The van der Waals surface area contributed by atoms with Crippen molar-refractivity contribution in [2.24, 2.45) is 0 Å². The normalized spacial score (nSPS) is 17.8. The molecular formula is C24H24Cl2N4O3. The lowest BCUT2D eigenvalue weighted by Crippen LogP contribution is -2.45. The second-order valence-corrected chi connectivity index (χ2v) is 8.79. The summed E-state index contributed by atoms with van der Waals surface area (Å²) in [5, 5.41) is 6.38. The molecule has 2 N–H and O–H groups in total. The number of hydrogen-bond donors (Lipinski definition) is 2. The van der Waals surface area contributed by atoms with E-state index in [-0.39, 0.29) is 37.4 Å². The van der Waals surface area contributed by atoms with Gasteiger partial charge in [-0.15, -0.1) is 0 Å². The summed E-state index contributed by atoms with van der Waals surface area (Å²) in [6, 6.07) is 14.0. The molecule has 0 saturated heterocycles. The number of hydrogen-bond acceptors (Lipinski definition) is 3. The van der Waals surface area contributed by atoms with Gasteiger partial charge < -0.3 is 15.5 Å². The van der Waals surface area contributed by atoms with Crippen LogP contribution in [0.3, 0.4) is 0 Å². The van der Waals surface area contributed by atoms with Crippen molar-refractivity contribution in [3.05, 3.63) is 81.0 Å². The monoisotopic (exact) mass is 486 g/mol. The average Bonchev–Trinajstić information content (AvgIpc) is 3.14. The minimum Gasteiger partial charge on any atom is -0.356 e. The molecule has 0 spiro atoms. The Morgan fingerprint density at radius 1 is 1.12 bits per heavy atom. The topological polar surface area (TPSA) is 81.8 Å². The van der Waals surface area contributed by atoms with Crippen LogP contribution in [0.25, 0.3) is 0 Å². The van der Waals surface area contributed by atoms with E-state index in [1.807, 2.05) is 30.3 Å². The molecule has 1 unspecified atom stereocenters. The fourth-order valence-corrected chi connectivity index (χ4v) is 4.51. The summed E-state index contributed by atoms with van der Waals surface area (Å²) in [6.07, 6.45) is 0.917. The van der Waals surface area contributed by atoms with E-state index in [0.29, 0.717) is 33.4 Å². The summed E-state index contributed by atoms with van der Waals surface area (Å²) in [5.74, 6) is -0.351. The molecule has 2 aliphatic heterocycles. The van der Waals surface area contributed by atoms with Gasteiger partial charge in [0.05, 0.1) is 33.9 Å². The van der Waals surface area contributed by atoms with Crippen LogP contribution in [-0.2, 0) is 16.0 Å². The van der Waals surface area contributed by atoms with E-state index in [1.165, 1.54) is 4.90 Å². The van der Waals surface area contributed by atoms with E-state index in [1.54, 1.807) is 30.1 Å². The Balaban J connectivity index is 1.41. The molecule has 0 aromatic heterocycles. The zero-order valence-electron chi connectivity index (χ0n) is 18.1. The molecule has 2 aliphatic rings. The SMILES string of the molecule is CN1C(=O)NC(c2cccc(Cl)c2Cl)C2=C1CN(CCC(=O)NCCc1ccccc1)C2=O. The Hall–Kier alpha value is -3.03. The second kappa shape index (κ2) is 9.85. The lowest BCUT2D eigenvalue weighted by molar-refractivity contribution is -0.127. The fourth-order valence-electron chi connectivity index (χ4n) is 4.10. The van der Waals surface area contributed by atoms with E-state index in [0.717, 1.165) is 12.0 Å². The summed E-state index contributed by atoms with van der Waals surface area (Å²) < 4.78 is 0. The quantitative estimate of drug-likeness (QED) is 0.627. The Morgan fingerprint density at radius 2 is 1.88 bits per heavy atom. The van der Waals surface area contributed by atoms with Gasteiger partial charge in [0.1, 0.15) is 0 Å². The standard InChI is InChI=1S/C24H24Cl2N4O3/c1-29-18-14-30(13-11-19(31)27-12-10-15-6-3-2-4-7-15)23(32)20(18)22(28-24(29)33)16-8-5-9-17(25)21(16)26/h2-9,22H,10-14H2,1H3,(H,27,31)(H,28,33). The molecule has 2 aromatic carbocycles. The van der Waals surface area contributed by atoms with Crippen LogP contribution in [0.5, 0.6) is 0 Å². The molecule has 0 aliphatic carbocycles. The van der Waals surface area contributed by atoms with Gasteiger partial charge in [-0.3, -0.25) is 14.5 Å². The highest BCUT2D eigenvalue weighted by molar-refractivity contribution is 6.42. The number of carbonyl (C=O) groups excluding carboxylic acids is 3. The minimum absolute atomic E-state index is 0.124. The van der Waals surface area contributed by atoms with E-state index in [9.17, 15) is 14.4 Å².